The summed E-state index contributed by atoms with van der Waals surface area (Å²) in [6, 6.07) is 6.40. The van der Waals surface area contributed by atoms with Crippen molar-refractivity contribution in [1.29, 1.82) is 0 Å². The van der Waals surface area contributed by atoms with Crippen LogP contribution in [-0.2, 0) is 0 Å². The molecule has 2 bridgehead atoms. The first kappa shape index (κ1) is 14.7. The van der Waals surface area contributed by atoms with Crippen LogP contribution in [-0.4, -0.2) is 36.5 Å². The minimum atomic E-state index is -0.101. The van der Waals surface area contributed by atoms with Gasteiger partial charge in [0.25, 0.3) is 5.91 Å². The number of nitrogens with one attached hydrogen (secondary N) is 1. The molecule has 3 rings (SSSR count). The molecular weight excluding hydrogens is 286 g/mol. The Balaban J connectivity index is 1.57. The predicted octanol–water partition coefficient (Wildman–Crippen LogP) is 2.52. The van der Waals surface area contributed by atoms with Crippen molar-refractivity contribution in [2.75, 3.05) is 19.3 Å². The van der Waals surface area contributed by atoms with Gasteiger partial charge in [0.2, 0.25) is 0 Å². The standard InChI is InChI=1S/C16H22ClN3O/c1-20-12-3-4-13(20)7-10(6-12)9-19-16(21)14-5-2-11(17)8-15(14)18/h2,5,8,10,12-13H,3-4,6-7,9,18H2,1H3,(H,19,21). The van der Waals surface area contributed by atoms with Crippen LogP contribution < -0.4 is 11.1 Å². The third kappa shape index (κ3) is 3.01. The fraction of sp³-hybridized carbons (Fsp3) is 0.562. The maximum atomic E-state index is 12.2. The number of fused-ring (bicyclic) bond motifs is 2. The zero-order chi connectivity index (χ0) is 15.0. The van der Waals surface area contributed by atoms with Crippen LogP contribution in [0.25, 0.3) is 0 Å². The molecule has 3 N–H and O–H groups in total. The van der Waals surface area contributed by atoms with E-state index in [1.807, 2.05) is 0 Å². The number of piperidine rings is 1. The number of benzene rings is 1. The first-order chi connectivity index (χ1) is 10.0. The number of nitrogen functional groups attached to an aromatic ring is 1. The first-order valence-corrected chi connectivity index (χ1v) is 7.97. The Morgan fingerprint density at radius 3 is 2.67 bits per heavy atom. The summed E-state index contributed by atoms with van der Waals surface area (Å²) in [4.78, 5) is 14.7. The van der Waals surface area contributed by atoms with Crippen molar-refractivity contribution in [2.24, 2.45) is 5.92 Å². The van der Waals surface area contributed by atoms with Crippen molar-refractivity contribution < 1.29 is 4.79 Å². The number of rotatable bonds is 3. The largest absolute Gasteiger partial charge is 0.398 e. The van der Waals surface area contributed by atoms with Gasteiger partial charge in [-0.1, -0.05) is 11.6 Å². The quantitative estimate of drug-likeness (QED) is 0.844. The molecule has 21 heavy (non-hydrogen) atoms. The Morgan fingerprint density at radius 1 is 1.38 bits per heavy atom. The van der Waals surface area contributed by atoms with Gasteiger partial charge in [-0.25, -0.2) is 0 Å². The van der Waals surface area contributed by atoms with Crippen LogP contribution >= 0.6 is 11.6 Å². The van der Waals surface area contributed by atoms with Gasteiger partial charge in [0, 0.05) is 29.3 Å². The molecule has 2 saturated heterocycles. The van der Waals surface area contributed by atoms with E-state index in [0.717, 1.165) is 6.54 Å². The summed E-state index contributed by atoms with van der Waals surface area (Å²) in [5.41, 5.74) is 6.79. The number of amides is 1. The van der Waals surface area contributed by atoms with Crippen molar-refractivity contribution in [1.82, 2.24) is 10.2 Å². The summed E-state index contributed by atoms with van der Waals surface area (Å²) in [6.45, 7) is 0.738. The molecule has 1 aromatic carbocycles. The van der Waals surface area contributed by atoms with Crippen LogP contribution in [0.2, 0.25) is 5.02 Å². The Morgan fingerprint density at radius 2 is 2.05 bits per heavy atom. The number of halogens is 1. The smallest absolute Gasteiger partial charge is 0.253 e. The zero-order valence-corrected chi connectivity index (χ0v) is 13.1. The van der Waals surface area contributed by atoms with E-state index in [1.54, 1.807) is 18.2 Å². The van der Waals surface area contributed by atoms with Gasteiger partial charge < -0.3 is 16.0 Å². The number of hydrogen-bond donors (Lipinski definition) is 2. The molecule has 1 amide bonds. The van der Waals surface area contributed by atoms with Crippen LogP contribution in [0.4, 0.5) is 5.69 Å². The highest BCUT2D eigenvalue weighted by molar-refractivity contribution is 6.31. The monoisotopic (exact) mass is 307 g/mol. The number of carbonyl (C=O) groups excluding carboxylic acids is 1. The van der Waals surface area contributed by atoms with Crippen molar-refractivity contribution >= 4 is 23.2 Å². The highest BCUT2D eigenvalue weighted by Gasteiger charge is 2.38. The van der Waals surface area contributed by atoms with E-state index in [0.29, 0.717) is 34.3 Å². The lowest BCUT2D eigenvalue weighted by atomic mass is 9.91. The SMILES string of the molecule is CN1C2CCC1CC(CNC(=O)c1ccc(Cl)cc1N)C2. The van der Waals surface area contributed by atoms with Gasteiger partial charge >= 0.3 is 0 Å². The zero-order valence-electron chi connectivity index (χ0n) is 12.3. The minimum absolute atomic E-state index is 0.101. The van der Waals surface area contributed by atoms with Gasteiger partial charge in [-0.15, -0.1) is 0 Å². The summed E-state index contributed by atoms with van der Waals surface area (Å²) in [7, 11) is 2.23. The Kier molecular flexibility index (Phi) is 4.09. The third-order valence-electron chi connectivity index (χ3n) is 5.01. The lowest BCUT2D eigenvalue weighted by molar-refractivity contribution is 0.0918. The second-order valence-electron chi connectivity index (χ2n) is 6.33. The van der Waals surface area contributed by atoms with E-state index in [2.05, 4.69) is 17.3 Å². The second kappa shape index (κ2) is 5.85. The summed E-state index contributed by atoms with van der Waals surface area (Å²) in [5, 5.41) is 3.58. The summed E-state index contributed by atoms with van der Waals surface area (Å²) in [6.07, 6.45) is 4.97. The molecule has 0 aromatic heterocycles. The third-order valence-corrected chi connectivity index (χ3v) is 5.24. The van der Waals surface area contributed by atoms with Crippen LogP contribution in [0.15, 0.2) is 18.2 Å². The lowest BCUT2D eigenvalue weighted by Crippen LogP contribution is -2.43. The first-order valence-electron chi connectivity index (χ1n) is 7.59. The topological polar surface area (TPSA) is 58.4 Å². The highest BCUT2D eigenvalue weighted by Crippen LogP contribution is 2.37. The highest BCUT2D eigenvalue weighted by atomic mass is 35.5. The average molecular weight is 308 g/mol. The van der Waals surface area contributed by atoms with Crippen molar-refractivity contribution in [2.45, 2.75) is 37.8 Å². The Hall–Kier alpha value is -1.26. The predicted molar refractivity (Wildman–Crippen MR) is 85.5 cm³/mol. The molecule has 0 spiro atoms. The molecule has 4 nitrogen and oxygen atoms in total. The van der Waals surface area contributed by atoms with Gasteiger partial charge in [0.1, 0.15) is 0 Å². The number of nitrogens with zero attached hydrogens (tertiary/aromatic N) is 1. The number of nitrogens with two attached hydrogens (primary N) is 1. The molecule has 2 atom stereocenters. The molecule has 1 aromatic rings. The van der Waals surface area contributed by atoms with Gasteiger partial charge in [-0.3, -0.25) is 4.79 Å². The molecule has 0 aliphatic carbocycles. The van der Waals surface area contributed by atoms with E-state index in [4.69, 9.17) is 17.3 Å². The van der Waals surface area contributed by atoms with Gasteiger partial charge in [0.05, 0.1) is 5.56 Å². The van der Waals surface area contributed by atoms with Crippen LogP contribution in [0.1, 0.15) is 36.0 Å². The molecular formula is C16H22ClN3O. The second-order valence-corrected chi connectivity index (χ2v) is 6.77. The number of anilines is 1. The van der Waals surface area contributed by atoms with Crippen LogP contribution in [0.3, 0.4) is 0 Å². The molecule has 2 aliphatic heterocycles. The minimum Gasteiger partial charge on any atom is -0.398 e. The molecule has 5 heteroatoms. The number of carbonyl (C=O) groups is 1. The van der Waals surface area contributed by atoms with Crippen molar-refractivity contribution in [3.8, 4) is 0 Å². The maximum Gasteiger partial charge on any atom is 0.253 e. The molecule has 114 valence electrons. The fourth-order valence-corrected chi connectivity index (χ4v) is 3.94. The normalized spacial score (nSPS) is 28.6. The lowest BCUT2D eigenvalue weighted by Gasteiger charge is -2.36. The van der Waals surface area contributed by atoms with Gasteiger partial charge in [0.15, 0.2) is 0 Å². The maximum absolute atomic E-state index is 12.2. The molecule has 0 saturated carbocycles. The molecule has 2 heterocycles. The van der Waals surface area contributed by atoms with E-state index in [-0.39, 0.29) is 5.91 Å². The van der Waals surface area contributed by atoms with Crippen LogP contribution in [0.5, 0.6) is 0 Å². The van der Waals surface area contributed by atoms with Crippen molar-refractivity contribution in [3.63, 3.8) is 0 Å². The summed E-state index contributed by atoms with van der Waals surface area (Å²) < 4.78 is 0. The van der Waals surface area contributed by atoms with Crippen molar-refractivity contribution in [3.05, 3.63) is 28.8 Å². The number of hydrogen-bond acceptors (Lipinski definition) is 3. The van der Waals surface area contributed by atoms with Gasteiger partial charge in [-0.2, -0.15) is 0 Å². The summed E-state index contributed by atoms with van der Waals surface area (Å²) in [5.74, 6) is 0.478. The molecule has 2 aliphatic rings. The molecule has 2 fully saturated rings. The van der Waals surface area contributed by atoms with Gasteiger partial charge in [-0.05, 0) is 56.8 Å². The molecule has 0 radical (unpaired) electrons. The fourth-order valence-electron chi connectivity index (χ4n) is 3.76. The Bertz CT molecular complexity index is 534. The van der Waals surface area contributed by atoms with E-state index >= 15 is 0 Å². The van der Waals surface area contributed by atoms with E-state index < -0.39 is 0 Å². The van der Waals surface area contributed by atoms with E-state index in [9.17, 15) is 4.79 Å². The molecule has 2 unspecified atom stereocenters. The summed E-state index contributed by atoms with van der Waals surface area (Å²) >= 11 is 5.86. The van der Waals surface area contributed by atoms with E-state index in [1.165, 1.54) is 25.7 Å². The Labute approximate surface area is 130 Å². The van der Waals surface area contributed by atoms with Crippen LogP contribution in [0, 0.1) is 5.92 Å². The average Bonchev–Trinajstić information content (AvgIpc) is 2.67.